The van der Waals surface area contributed by atoms with Crippen LogP contribution in [0.2, 0.25) is 0 Å². The van der Waals surface area contributed by atoms with E-state index in [4.69, 9.17) is 5.11 Å². The number of hydrogen-bond donors (Lipinski definition) is 1. The summed E-state index contributed by atoms with van der Waals surface area (Å²) in [7, 11) is -3.30. The van der Waals surface area contributed by atoms with Crippen molar-refractivity contribution in [2.24, 2.45) is 0 Å². The number of sulfone groups is 1. The van der Waals surface area contributed by atoms with E-state index in [9.17, 15) is 17.6 Å². The van der Waals surface area contributed by atoms with Crippen LogP contribution in [0.4, 0.5) is 4.39 Å². The molecule has 0 spiro atoms. The molecule has 1 N–H and O–H groups in total. The maximum absolute atomic E-state index is 13.4. The Bertz CT molecular complexity index is 764. The predicted octanol–water partition coefficient (Wildman–Crippen LogP) is 2.59. The highest BCUT2D eigenvalue weighted by Crippen LogP contribution is 2.23. The largest absolute Gasteiger partial charge is 0.478 e. The van der Waals surface area contributed by atoms with Crippen molar-refractivity contribution < 1.29 is 22.7 Å². The molecule has 0 saturated heterocycles. The van der Waals surface area contributed by atoms with Gasteiger partial charge in [-0.1, -0.05) is 12.1 Å². The van der Waals surface area contributed by atoms with Crippen LogP contribution in [0.15, 0.2) is 47.4 Å². The van der Waals surface area contributed by atoms with Crippen molar-refractivity contribution in [2.75, 3.05) is 6.26 Å². The van der Waals surface area contributed by atoms with Crippen LogP contribution in [0.3, 0.4) is 0 Å². The van der Waals surface area contributed by atoms with Crippen molar-refractivity contribution in [1.29, 1.82) is 0 Å². The fourth-order valence-electron chi connectivity index (χ4n) is 1.77. The molecule has 0 atom stereocenters. The molecule has 2 aromatic carbocycles. The van der Waals surface area contributed by atoms with Gasteiger partial charge in [-0.3, -0.25) is 0 Å². The van der Waals surface area contributed by atoms with Gasteiger partial charge in [-0.2, -0.15) is 0 Å². The average Bonchev–Trinajstić information content (AvgIpc) is 2.37. The molecule has 104 valence electrons. The van der Waals surface area contributed by atoms with Crippen LogP contribution in [-0.2, 0) is 9.84 Å². The Balaban J connectivity index is 2.49. The van der Waals surface area contributed by atoms with Gasteiger partial charge in [-0.15, -0.1) is 0 Å². The minimum Gasteiger partial charge on any atom is -0.478 e. The lowest BCUT2D eigenvalue weighted by molar-refractivity contribution is 0.0696. The molecule has 0 unspecified atom stereocenters. The van der Waals surface area contributed by atoms with Crippen LogP contribution >= 0.6 is 0 Å². The standard InChI is InChI=1S/C14H11FO4S/c1-20(18,19)13-4-2-9(3-5-13)10-6-11(14(16)17)8-12(15)7-10/h2-8H,1H3,(H,16,17). The maximum atomic E-state index is 13.4. The predicted molar refractivity (Wildman–Crippen MR) is 71.9 cm³/mol. The van der Waals surface area contributed by atoms with Gasteiger partial charge >= 0.3 is 5.97 Å². The zero-order valence-electron chi connectivity index (χ0n) is 10.5. The quantitative estimate of drug-likeness (QED) is 0.944. The van der Waals surface area contributed by atoms with Crippen molar-refractivity contribution in [3.05, 3.63) is 53.8 Å². The molecule has 0 aliphatic rings. The lowest BCUT2D eigenvalue weighted by Gasteiger charge is -2.05. The van der Waals surface area contributed by atoms with E-state index < -0.39 is 21.6 Å². The van der Waals surface area contributed by atoms with Gasteiger partial charge in [0.25, 0.3) is 0 Å². The van der Waals surface area contributed by atoms with E-state index in [0.717, 1.165) is 12.3 Å². The summed E-state index contributed by atoms with van der Waals surface area (Å²) < 4.78 is 36.1. The number of carboxylic acid groups (broad SMARTS) is 1. The van der Waals surface area contributed by atoms with Gasteiger partial charge in [-0.05, 0) is 41.5 Å². The van der Waals surface area contributed by atoms with Crippen molar-refractivity contribution in [3.63, 3.8) is 0 Å². The van der Waals surface area contributed by atoms with E-state index in [1.165, 1.54) is 36.4 Å². The summed E-state index contributed by atoms with van der Waals surface area (Å²) in [6.45, 7) is 0. The van der Waals surface area contributed by atoms with Gasteiger partial charge in [0.1, 0.15) is 5.82 Å². The lowest BCUT2D eigenvalue weighted by Crippen LogP contribution is -1.98. The molecule has 20 heavy (non-hydrogen) atoms. The van der Waals surface area contributed by atoms with Crippen molar-refractivity contribution in [3.8, 4) is 11.1 Å². The van der Waals surface area contributed by atoms with Gasteiger partial charge in [0, 0.05) is 6.26 Å². The van der Waals surface area contributed by atoms with Gasteiger partial charge in [0.15, 0.2) is 9.84 Å². The number of benzene rings is 2. The minimum absolute atomic E-state index is 0.149. The third kappa shape index (κ3) is 3.03. The zero-order valence-corrected chi connectivity index (χ0v) is 11.3. The molecular formula is C14H11FO4S. The Morgan fingerprint density at radius 2 is 1.65 bits per heavy atom. The summed E-state index contributed by atoms with van der Waals surface area (Å²) in [5.74, 6) is -1.88. The summed E-state index contributed by atoms with van der Waals surface area (Å²) in [4.78, 5) is 11.0. The summed E-state index contributed by atoms with van der Waals surface area (Å²) in [5.41, 5.74) is 0.758. The van der Waals surface area contributed by atoms with Crippen LogP contribution < -0.4 is 0 Å². The molecule has 2 aromatic rings. The fraction of sp³-hybridized carbons (Fsp3) is 0.0714. The van der Waals surface area contributed by atoms with Gasteiger partial charge < -0.3 is 5.11 Å². The number of carbonyl (C=O) groups is 1. The number of rotatable bonds is 3. The zero-order chi connectivity index (χ0) is 14.9. The molecule has 2 rings (SSSR count). The van der Waals surface area contributed by atoms with Crippen LogP contribution in [0.25, 0.3) is 11.1 Å². The highest BCUT2D eigenvalue weighted by atomic mass is 32.2. The van der Waals surface area contributed by atoms with Crippen molar-refractivity contribution in [2.45, 2.75) is 4.90 Å². The van der Waals surface area contributed by atoms with Gasteiger partial charge in [0.05, 0.1) is 10.5 Å². The first kappa shape index (κ1) is 14.2. The average molecular weight is 294 g/mol. The Hall–Kier alpha value is -2.21. The normalized spacial score (nSPS) is 11.3. The highest BCUT2D eigenvalue weighted by molar-refractivity contribution is 7.90. The molecule has 0 aliphatic carbocycles. The Morgan fingerprint density at radius 1 is 1.05 bits per heavy atom. The molecule has 4 nitrogen and oxygen atoms in total. The topological polar surface area (TPSA) is 71.4 Å². The first-order valence-corrected chi connectivity index (χ1v) is 7.51. The molecule has 0 bridgehead atoms. The molecule has 0 saturated carbocycles. The van der Waals surface area contributed by atoms with E-state index >= 15 is 0 Å². The van der Waals surface area contributed by atoms with Gasteiger partial charge in [-0.25, -0.2) is 17.6 Å². The van der Waals surface area contributed by atoms with Crippen LogP contribution in [-0.4, -0.2) is 25.7 Å². The van der Waals surface area contributed by atoms with E-state index in [2.05, 4.69) is 0 Å². The third-order valence-electron chi connectivity index (χ3n) is 2.76. The molecule has 0 heterocycles. The summed E-state index contributed by atoms with van der Waals surface area (Å²) in [5, 5.41) is 8.89. The second-order valence-corrected chi connectivity index (χ2v) is 6.35. The highest BCUT2D eigenvalue weighted by Gasteiger charge is 2.10. The van der Waals surface area contributed by atoms with Crippen LogP contribution in [0.5, 0.6) is 0 Å². The Labute approximate surface area is 115 Å². The molecule has 0 fully saturated rings. The molecule has 6 heteroatoms. The molecule has 0 aliphatic heterocycles. The summed E-state index contributed by atoms with van der Waals surface area (Å²) in [6.07, 6.45) is 1.09. The number of hydrogen-bond acceptors (Lipinski definition) is 3. The monoisotopic (exact) mass is 294 g/mol. The van der Waals surface area contributed by atoms with Gasteiger partial charge in [0.2, 0.25) is 0 Å². The van der Waals surface area contributed by atoms with E-state index in [-0.39, 0.29) is 10.5 Å². The smallest absolute Gasteiger partial charge is 0.335 e. The molecule has 0 aromatic heterocycles. The SMILES string of the molecule is CS(=O)(=O)c1ccc(-c2cc(F)cc(C(=O)O)c2)cc1. The van der Waals surface area contributed by atoms with Crippen LogP contribution in [0, 0.1) is 5.82 Å². The van der Waals surface area contributed by atoms with E-state index in [1.807, 2.05) is 0 Å². The van der Waals surface area contributed by atoms with E-state index in [1.54, 1.807) is 0 Å². The fourth-order valence-corrected chi connectivity index (χ4v) is 2.40. The second-order valence-electron chi connectivity index (χ2n) is 4.33. The number of halogens is 1. The number of carboxylic acids is 1. The molecule has 0 amide bonds. The summed E-state index contributed by atoms with van der Waals surface area (Å²) in [6, 6.07) is 9.28. The molecule has 0 radical (unpaired) electrons. The Morgan fingerprint density at radius 3 is 2.15 bits per heavy atom. The first-order chi connectivity index (χ1) is 9.27. The molecular weight excluding hydrogens is 283 g/mol. The van der Waals surface area contributed by atoms with Crippen LogP contribution in [0.1, 0.15) is 10.4 Å². The first-order valence-electron chi connectivity index (χ1n) is 5.62. The third-order valence-corrected chi connectivity index (χ3v) is 3.89. The number of aromatic carboxylic acids is 1. The summed E-state index contributed by atoms with van der Waals surface area (Å²) >= 11 is 0. The van der Waals surface area contributed by atoms with Crippen molar-refractivity contribution >= 4 is 15.8 Å². The van der Waals surface area contributed by atoms with E-state index in [0.29, 0.717) is 11.1 Å². The second kappa shape index (κ2) is 5.05. The maximum Gasteiger partial charge on any atom is 0.335 e. The minimum atomic E-state index is -3.30. The van der Waals surface area contributed by atoms with Crippen molar-refractivity contribution in [1.82, 2.24) is 0 Å². The Kier molecular flexibility index (Phi) is 3.59. The lowest BCUT2D eigenvalue weighted by atomic mass is 10.0.